The molecular weight excluding hydrogens is 362 g/mol. The van der Waals surface area contributed by atoms with E-state index in [1.165, 1.54) is 22.4 Å². The van der Waals surface area contributed by atoms with Gasteiger partial charge in [0.1, 0.15) is 5.75 Å². The standard InChI is InChI=1S/C24H33N3O2/c1-17(2)21-9-11-22(12-10-21)29-20(5)25-24(28)27-15-13-26(14-16-27)23-8-6-7-18(3)19(23)4/h6-12,17,20H,13-16H2,1-5H3,(H,25,28). The van der Waals surface area contributed by atoms with Crippen LogP contribution in [0.4, 0.5) is 10.5 Å². The van der Waals surface area contributed by atoms with E-state index in [1.807, 2.05) is 24.0 Å². The molecule has 1 unspecified atom stereocenters. The average molecular weight is 396 g/mol. The fourth-order valence-electron chi connectivity index (χ4n) is 3.66. The normalized spacial score (nSPS) is 15.4. The Bertz CT molecular complexity index is 825. The number of amides is 2. The van der Waals surface area contributed by atoms with Crippen molar-refractivity contribution in [3.05, 3.63) is 59.2 Å². The summed E-state index contributed by atoms with van der Waals surface area (Å²) in [6, 6.07) is 14.4. The molecule has 3 rings (SSSR count). The molecule has 0 saturated carbocycles. The third-order valence-electron chi connectivity index (χ3n) is 5.67. The highest BCUT2D eigenvalue weighted by molar-refractivity contribution is 5.74. The molecule has 5 heteroatoms. The summed E-state index contributed by atoms with van der Waals surface area (Å²) in [5.41, 5.74) is 5.16. The lowest BCUT2D eigenvalue weighted by Gasteiger charge is -2.37. The predicted octanol–water partition coefficient (Wildman–Crippen LogP) is 4.68. The molecule has 1 fully saturated rings. The number of nitrogens with zero attached hydrogens (tertiary/aromatic N) is 2. The molecule has 0 radical (unpaired) electrons. The number of benzene rings is 2. The molecule has 1 atom stereocenters. The number of rotatable bonds is 5. The zero-order chi connectivity index (χ0) is 21.0. The summed E-state index contributed by atoms with van der Waals surface area (Å²) >= 11 is 0. The minimum atomic E-state index is -0.385. The van der Waals surface area contributed by atoms with Crippen LogP contribution in [-0.2, 0) is 0 Å². The number of ether oxygens (including phenoxy) is 1. The van der Waals surface area contributed by atoms with Gasteiger partial charge in [-0.05, 0) is 61.6 Å². The monoisotopic (exact) mass is 395 g/mol. The van der Waals surface area contributed by atoms with E-state index in [2.05, 4.69) is 68.2 Å². The molecular formula is C24H33N3O2. The molecule has 1 aliphatic heterocycles. The van der Waals surface area contributed by atoms with E-state index < -0.39 is 0 Å². The van der Waals surface area contributed by atoms with Crippen LogP contribution in [0, 0.1) is 13.8 Å². The van der Waals surface area contributed by atoms with Gasteiger partial charge in [0.25, 0.3) is 0 Å². The maximum Gasteiger partial charge on any atom is 0.320 e. The van der Waals surface area contributed by atoms with Crippen LogP contribution in [0.1, 0.15) is 43.4 Å². The van der Waals surface area contributed by atoms with Crippen molar-refractivity contribution in [3.8, 4) is 5.75 Å². The number of carbonyl (C=O) groups excluding carboxylic acids is 1. The second-order valence-corrected chi connectivity index (χ2v) is 8.13. The molecule has 0 spiro atoms. The second kappa shape index (κ2) is 9.21. The molecule has 0 aliphatic carbocycles. The molecule has 2 amide bonds. The number of piperazine rings is 1. The summed E-state index contributed by atoms with van der Waals surface area (Å²) < 4.78 is 5.86. The molecule has 29 heavy (non-hydrogen) atoms. The Morgan fingerprint density at radius 2 is 1.62 bits per heavy atom. The maximum absolute atomic E-state index is 12.6. The van der Waals surface area contributed by atoms with E-state index in [9.17, 15) is 4.79 Å². The van der Waals surface area contributed by atoms with Crippen LogP contribution in [0.15, 0.2) is 42.5 Å². The molecule has 0 aromatic heterocycles. The highest BCUT2D eigenvalue weighted by atomic mass is 16.5. The molecule has 5 nitrogen and oxygen atoms in total. The Balaban J connectivity index is 1.49. The lowest BCUT2D eigenvalue weighted by atomic mass is 10.0. The Kier molecular flexibility index (Phi) is 6.68. The topological polar surface area (TPSA) is 44.8 Å². The highest BCUT2D eigenvalue weighted by Gasteiger charge is 2.23. The van der Waals surface area contributed by atoms with Gasteiger partial charge < -0.3 is 19.9 Å². The molecule has 0 bridgehead atoms. The maximum atomic E-state index is 12.6. The Labute approximate surface area is 174 Å². The van der Waals surface area contributed by atoms with Gasteiger partial charge >= 0.3 is 6.03 Å². The van der Waals surface area contributed by atoms with E-state index in [-0.39, 0.29) is 12.3 Å². The number of hydrogen-bond acceptors (Lipinski definition) is 3. The van der Waals surface area contributed by atoms with Crippen LogP contribution in [0.3, 0.4) is 0 Å². The fourth-order valence-corrected chi connectivity index (χ4v) is 3.66. The van der Waals surface area contributed by atoms with Gasteiger partial charge in [-0.3, -0.25) is 0 Å². The summed E-state index contributed by atoms with van der Waals surface area (Å²) in [5.74, 6) is 1.25. The Morgan fingerprint density at radius 1 is 0.966 bits per heavy atom. The molecule has 2 aromatic rings. The molecule has 1 saturated heterocycles. The summed E-state index contributed by atoms with van der Waals surface area (Å²) in [7, 11) is 0. The van der Waals surface area contributed by atoms with Crippen molar-refractivity contribution in [2.24, 2.45) is 0 Å². The van der Waals surface area contributed by atoms with Gasteiger partial charge in [0.15, 0.2) is 6.23 Å². The van der Waals surface area contributed by atoms with Gasteiger partial charge in [-0.25, -0.2) is 4.79 Å². The van der Waals surface area contributed by atoms with Crippen molar-refractivity contribution < 1.29 is 9.53 Å². The lowest BCUT2D eigenvalue weighted by molar-refractivity contribution is 0.151. The number of carbonyl (C=O) groups is 1. The van der Waals surface area contributed by atoms with Crippen molar-refractivity contribution in [3.63, 3.8) is 0 Å². The van der Waals surface area contributed by atoms with Crippen molar-refractivity contribution in [1.82, 2.24) is 10.2 Å². The van der Waals surface area contributed by atoms with E-state index in [0.29, 0.717) is 19.0 Å². The van der Waals surface area contributed by atoms with E-state index in [0.717, 1.165) is 18.8 Å². The number of urea groups is 1. The minimum absolute atomic E-state index is 0.0723. The van der Waals surface area contributed by atoms with E-state index in [1.54, 1.807) is 0 Å². The zero-order valence-electron chi connectivity index (χ0n) is 18.2. The molecule has 156 valence electrons. The van der Waals surface area contributed by atoms with Crippen molar-refractivity contribution >= 4 is 11.7 Å². The highest BCUT2D eigenvalue weighted by Crippen LogP contribution is 2.24. The van der Waals surface area contributed by atoms with Crippen LogP contribution in [-0.4, -0.2) is 43.3 Å². The Morgan fingerprint density at radius 3 is 2.24 bits per heavy atom. The number of nitrogens with one attached hydrogen (secondary N) is 1. The average Bonchev–Trinajstić information content (AvgIpc) is 2.70. The number of anilines is 1. The van der Waals surface area contributed by atoms with Crippen molar-refractivity contribution in [2.75, 3.05) is 31.1 Å². The van der Waals surface area contributed by atoms with Gasteiger partial charge in [0.05, 0.1) is 0 Å². The third kappa shape index (κ3) is 5.22. The Hall–Kier alpha value is -2.69. The van der Waals surface area contributed by atoms with Crippen LogP contribution < -0.4 is 15.0 Å². The van der Waals surface area contributed by atoms with E-state index in [4.69, 9.17) is 4.74 Å². The number of aryl methyl sites for hydroxylation is 1. The number of hydrogen-bond donors (Lipinski definition) is 1. The van der Waals surface area contributed by atoms with Crippen molar-refractivity contribution in [1.29, 1.82) is 0 Å². The summed E-state index contributed by atoms with van der Waals surface area (Å²) in [6.45, 7) is 13.6. The first kappa shape index (κ1) is 21.0. The summed E-state index contributed by atoms with van der Waals surface area (Å²) in [4.78, 5) is 16.9. The van der Waals surface area contributed by atoms with Crippen LogP contribution >= 0.6 is 0 Å². The summed E-state index contributed by atoms with van der Waals surface area (Å²) in [5, 5.41) is 2.96. The van der Waals surface area contributed by atoms with Crippen LogP contribution in [0.25, 0.3) is 0 Å². The first-order valence-corrected chi connectivity index (χ1v) is 10.5. The quantitative estimate of drug-likeness (QED) is 0.748. The first-order chi connectivity index (χ1) is 13.8. The van der Waals surface area contributed by atoms with Gasteiger partial charge in [-0.15, -0.1) is 0 Å². The largest absolute Gasteiger partial charge is 0.471 e. The summed E-state index contributed by atoms with van der Waals surface area (Å²) in [6.07, 6.45) is -0.385. The SMILES string of the molecule is Cc1cccc(N2CCN(C(=O)NC(C)Oc3ccc(C(C)C)cc3)CC2)c1C. The smallest absolute Gasteiger partial charge is 0.320 e. The van der Waals surface area contributed by atoms with Gasteiger partial charge in [0, 0.05) is 31.9 Å². The van der Waals surface area contributed by atoms with Crippen molar-refractivity contribution in [2.45, 2.75) is 46.8 Å². The third-order valence-corrected chi connectivity index (χ3v) is 5.67. The lowest BCUT2D eigenvalue weighted by Crippen LogP contribution is -2.54. The molecule has 1 N–H and O–H groups in total. The molecule has 1 heterocycles. The van der Waals surface area contributed by atoms with Crippen LogP contribution in [0.2, 0.25) is 0 Å². The minimum Gasteiger partial charge on any atom is -0.471 e. The van der Waals surface area contributed by atoms with Crippen LogP contribution in [0.5, 0.6) is 5.75 Å². The van der Waals surface area contributed by atoms with Gasteiger partial charge in [0.2, 0.25) is 0 Å². The zero-order valence-corrected chi connectivity index (χ0v) is 18.2. The molecule has 2 aromatic carbocycles. The predicted molar refractivity (Wildman–Crippen MR) is 119 cm³/mol. The van der Waals surface area contributed by atoms with Gasteiger partial charge in [-0.1, -0.05) is 38.1 Å². The second-order valence-electron chi connectivity index (χ2n) is 8.13. The van der Waals surface area contributed by atoms with E-state index >= 15 is 0 Å². The first-order valence-electron chi connectivity index (χ1n) is 10.5. The van der Waals surface area contributed by atoms with Gasteiger partial charge in [-0.2, -0.15) is 0 Å². The fraction of sp³-hybridized carbons (Fsp3) is 0.458. The molecule has 1 aliphatic rings.